The van der Waals surface area contributed by atoms with Gasteiger partial charge < -0.3 is 11.5 Å². The van der Waals surface area contributed by atoms with Gasteiger partial charge in [0.25, 0.3) is 0 Å². The second kappa shape index (κ2) is 5.84. The Morgan fingerprint density at radius 2 is 2.11 bits per heavy atom. The van der Waals surface area contributed by atoms with E-state index >= 15 is 0 Å². The second-order valence-corrected chi connectivity index (χ2v) is 5.12. The highest BCUT2D eigenvalue weighted by Gasteiger charge is 2.23. The van der Waals surface area contributed by atoms with E-state index in [2.05, 4.69) is 4.90 Å². The lowest BCUT2D eigenvalue weighted by Gasteiger charge is -2.14. The van der Waals surface area contributed by atoms with E-state index in [1.54, 1.807) is 6.07 Å². The first kappa shape index (κ1) is 13.5. The van der Waals surface area contributed by atoms with Gasteiger partial charge in [0, 0.05) is 12.1 Å². The molecule has 0 saturated carbocycles. The summed E-state index contributed by atoms with van der Waals surface area (Å²) in [6, 6.07) is 7.42. The number of hydrogen-bond acceptors (Lipinski definition) is 3. The number of rotatable bonds is 5. The standard InChI is InChI=1S/C14H19N3O2/c15-13(18)9-17-5-4-11(8-17)6-10-2-1-3-12(7-10)14(16)19/h1-3,7,11H,4-6,8-9H2,(H2,15,18)(H2,16,19). The van der Waals surface area contributed by atoms with Gasteiger partial charge in [-0.3, -0.25) is 14.5 Å². The van der Waals surface area contributed by atoms with E-state index in [-0.39, 0.29) is 5.91 Å². The van der Waals surface area contributed by atoms with Crippen molar-refractivity contribution in [2.45, 2.75) is 12.8 Å². The topological polar surface area (TPSA) is 89.4 Å². The van der Waals surface area contributed by atoms with E-state index in [1.807, 2.05) is 18.2 Å². The molecule has 0 bridgehead atoms. The first-order valence-electron chi connectivity index (χ1n) is 6.44. The number of carbonyl (C=O) groups is 2. The molecule has 0 aliphatic carbocycles. The molecule has 1 unspecified atom stereocenters. The van der Waals surface area contributed by atoms with E-state index in [4.69, 9.17) is 11.5 Å². The predicted octanol–water partition coefficient (Wildman–Crippen LogP) is 0.135. The maximum absolute atomic E-state index is 11.1. The zero-order valence-electron chi connectivity index (χ0n) is 10.8. The Morgan fingerprint density at radius 1 is 1.32 bits per heavy atom. The molecule has 1 saturated heterocycles. The average molecular weight is 261 g/mol. The zero-order chi connectivity index (χ0) is 13.8. The summed E-state index contributed by atoms with van der Waals surface area (Å²) in [5.41, 5.74) is 12.1. The van der Waals surface area contributed by atoms with Gasteiger partial charge in [-0.15, -0.1) is 0 Å². The van der Waals surface area contributed by atoms with Crippen molar-refractivity contribution in [1.82, 2.24) is 4.90 Å². The minimum absolute atomic E-state index is 0.281. The summed E-state index contributed by atoms with van der Waals surface area (Å²) in [6.07, 6.45) is 1.95. The van der Waals surface area contributed by atoms with Crippen molar-refractivity contribution < 1.29 is 9.59 Å². The van der Waals surface area contributed by atoms with Gasteiger partial charge in [0.15, 0.2) is 0 Å². The largest absolute Gasteiger partial charge is 0.369 e. The third-order valence-electron chi connectivity index (χ3n) is 3.49. The number of carbonyl (C=O) groups excluding carboxylic acids is 2. The molecular weight excluding hydrogens is 242 g/mol. The highest BCUT2D eigenvalue weighted by molar-refractivity contribution is 5.92. The van der Waals surface area contributed by atoms with Gasteiger partial charge in [-0.1, -0.05) is 12.1 Å². The quantitative estimate of drug-likeness (QED) is 0.789. The minimum Gasteiger partial charge on any atom is -0.369 e. The lowest BCUT2D eigenvalue weighted by molar-refractivity contribution is -0.118. The van der Waals surface area contributed by atoms with Crippen LogP contribution in [0.3, 0.4) is 0 Å². The molecule has 0 aromatic heterocycles. The smallest absolute Gasteiger partial charge is 0.248 e. The predicted molar refractivity (Wildman–Crippen MR) is 72.4 cm³/mol. The van der Waals surface area contributed by atoms with Crippen molar-refractivity contribution in [3.05, 3.63) is 35.4 Å². The Kier molecular flexibility index (Phi) is 4.16. The zero-order valence-corrected chi connectivity index (χ0v) is 10.8. The summed E-state index contributed by atoms with van der Waals surface area (Å²) < 4.78 is 0. The molecule has 2 rings (SSSR count). The highest BCUT2D eigenvalue weighted by atomic mass is 16.1. The summed E-state index contributed by atoms with van der Waals surface area (Å²) >= 11 is 0. The van der Waals surface area contributed by atoms with Crippen LogP contribution in [-0.4, -0.2) is 36.3 Å². The van der Waals surface area contributed by atoms with Crippen LogP contribution >= 0.6 is 0 Å². The molecule has 102 valence electrons. The Hall–Kier alpha value is -1.88. The fourth-order valence-corrected chi connectivity index (χ4v) is 2.63. The van der Waals surface area contributed by atoms with Gasteiger partial charge in [-0.05, 0) is 43.0 Å². The van der Waals surface area contributed by atoms with Crippen LogP contribution in [0.5, 0.6) is 0 Å². The van der Waals surface area contributed by atoms with Crippen molar-refractivity contribution >= 4 is 11.8 Å². The maximum atomic E-state index is 11.1. The average Bonchev–Trinajstić information content (AvgIpc) is 2.76. The maximum Gasteiger partial charge on any atom is 0.248 e. The first-order chi connectivity index (χ1) is 9.04. The molecule has 1 aliphatic heterocycles. The molecule has 5 heteroatoms. The molecule has 2 amide bonds. The van der Waals surface area contributed by atoms with Crippen LogP contribution in [0.2, 0.25) is 0 Å². The fourth-order valence-electron chi connectivity index (χ4n) is 2.63. The molecule has 0 radical (unpaired) electrons. The molecule has 0 spiro atoms. The lowest BCUT2D eigenvalue weighted by Crippen LogP contribution is -2.32. The van der Waals surface area contributed by atoms with Crippen LogP contribution in [0.15, 0.2) is 24.3 Å². The Morgan fingerprint density at radius 3 is 2.79 bits per heavy atom. The Bertz CT molecular complexity index is 487. The monoisotopic (exact) mass is 261 g/mol. The minimum atomic E-state index is -0.399. The first-order valence-corrected chi connectivity index (χ1v) is 6.44. The van der Waals surface area contributed by atoms with E-state index in [9.17, 15) is 9.59 Å². The Labute approximate surface area is 112 Å². The van der Waals surface area contributed by atoms with Gasteiger partial charge in [-0.2, -0.15) is 0 Å². The van der Waals surface area contributed by atoms with Gasteiger partial charge in [0.1, 0.15) is 0 Å². The van der Waals surface area contributed by atoms with Gasteiger partial charge in [-0.25, -0.2) is 0 Å². The van der Waals surface area contributed by atoms with Crippen LogP contribution in [0, 0.1) is 5.92 Å². The summed E-state index contributed by atoms with van der Waals surface area (Å²) in [7, 11) is 0. The fraction of sp³-hybridized carbons (Fsp3) is 0.429. The molecule has 1 aromatic rings. The number of nitrogens with zero attached hydrogens (tertiary/aromatic N) is 1. The normalized spacial score (nSPS) is 19.5. The second-order valence-electron chi connectivity index (χ2n) is 5.12. The number of benzene rings is 1. The molecule has 1 aromatic carbocycles. The summed E-state index contributed by atoms with van der Waals surface area (Å²) in [5.74, 6) is -0.178. The van der Waals surface area contributed by atoms with Crippen LogP contribution in [0.25, 0.3) is 0 Å². The summed E-state index contributed by atoms with van der Waals surface area (Å²) in [5, 5.41) is 0. The van der Waals surface area contributed by atoms with Crippen molar-refractivity contribution in [2.75, 3.05) is 19.6 Å². The third kappa shape index (κ3) is 3.79. The summed E-state index contributed by atoms with van der Waals surface area (Å²) in [4.78, 5) is 24.1. The third-order valence-corrected chi connectivity index (χ3v) is 3.49. The van der Waals surface area contributed by atoms with Gasteiger partial charge in [0.2, 0.25) is 11.8 Å². The number of amides is 2. The van der Waals surface area contributed by atoms with E-state index < -0.39 is 5.91 Å². The lowest BCUT2D eigenvalue weighted by atomic mass is 9.97. The molecule has 5 nitrogen and oxygen atoms in total. The van der Waals surface area contributed by atoms with E-state index in [1.165, 1.54) is 0 Å². The SMILES string of the molecule is NC(=O)CN1CCC(Cc2cccc(C(N)=O)c2)C1. The molecule has 1 fully saturated rings. The van der Waals surface area contributed by atoms with Crippen molar-refractivity contribution in [2.24, 2.45) is 17.4 Å². The molecule has 1 heterocycles. The van der Waals surface area contributed by atoms with Crippen LogP contribution in [0.4, 0.5) is 0 Å². The van der Waals surface area contributed by atoms with Gasteiger partial charge >= 0.3 is 0 Å². The highest BCUT2D eigenvalue weighted by Crippen LogP contribution is 2.21. The molecule has 19 heavy (non-hydrogen) atoms. The molecule has 1 atom stereocenters. The number of primary amides is 2. The number of hydrogen-bond donors (Lipinski definition) is 2. The van der Waals surface area contributed by atoms with Crippen LogP contribution < -0.4 is 11.5 Å². The molecule has 1 aliphatic rings. The van der Waals surface area contributed by atoms with Gasteiger partial charge in [0.05, 0.1) is 6.54 Å². The van der Waals surface area contributed by atoms with Crippen molar-refractivity contribution in [1.29, 1.82) is 0 Å². The number of likely N-dealkylation sites (tertiary alicyclic amines) is 1. The summed E-state index contributed by atoms with van der Waals surface area (Å²) in [6.45, 7) is 2.12. The van der Waals surface area contributed by atoms with Crippen LogP contribution in [-0.2, 0) is 11.2 Å². The molecule has 4 N–H and O–H groups in total. The number of nitrogens with two attached hydrogens (primary N) is 2. The Balaban J connectivity index is 1.93. The van der Waals surface area contributed by atoms with Crippen molar-refractivity contribution in [3.63, 3.8) is 0 Å². The van der Waals surface area contributed by atoms with E-state index in [0.717, 1.165) is 31.5 Å². The molecular formula is C14H19N3O2. The van der Waals surface area contributed by atoms with Crippen molar-refractivity contribution in [3.8, 4) is 0 Å². The van der Waals surface area contributed by atoms with Crippen LogP contribution in [0.1, 0.15) is 22.3 Å². The van der Waals surface area contributed by atoms with E-state index in [0.29, 0.717) is 18.0 Å².